The fourth-order valence-corrected chi connectivity index (χ4v) is 0.860. The summed E-state index contributed by atoms with van der Waals surface area (Å²) in [5, 5.41) is 33.6. The zero-order valence-electron chi connectivity index (χ0n) is 8.22. The zero-order chi connectivity index (χ0) is 12.0. The highest BCUT2D eigenvalue weighted by Crippen LogP contribution is 1.82. The van der Waals surface area contributed by atoms with Gasteiger partial charge >= 0.3 is 14.2 Å². The second kappa shape index (κ2) is 6.19. The van der Waals surface area contributed by atoms with Gasteiger partial charge in [0.15, 0.2) is 0 Å². The van der Waals surface area contributed by atoms with E-state index >= 15 is 0 Å². The lowest BCUT2D eigenvalue weighted by molar-refractivity contribution is 0.409. The van der Waals surface area contributed by atoms with Gasteiger partial charge in [0.05, 0.1) is 18.8 Å². The standard InChI is InChI=1S/2C4H5BO3/c6-5(7)4-1-2-8-3-4;6-5(7)4-2-1-3-8-4/h2*1-3,6-7H. The molecule has 0 amide bonds. The van der Waals surface area contributed by atoms with Crippen LogP contribution in [-0.4, -0.2) is 34.3 Å². The van der Waals surface area contributed by atoms with Gasteiger partial charge < -0.3 is 28.9 Å². The fourth-order valence-electron chi connectivity index (χ4n) is 0.860. The Morgan fingerprint density at radius 3 is 1.94 bits per heavy atom. The number of rotatable bonds is 2. The first kappa shape index (κ1) is 12.6. The molecule has 0 saturated carbocycles. The third-order valence-electron chi connectivity index (χ3n) is 1.64. The summed E-state index contributed by atoms with van der Waals surface area (Å²) in [4.78, 5) is 0. The molecule has 16 heavy (non-hydrogen) atoms. The molecule has 0 spiro atoms. The molecule has 2 rings (SSSR count). The average molecular weight is 224 g/mol. The Morgan fingerprint density at radius 1 is 0.938 bits per heavy atom. The van der Waals surface area contributed by atoms with Crippen molar-refractivity contribution in [2.75, 3.05) is 0 Å². The molecule has 0 saturated heterocycles. The maximum absolute atomic E-state index is 8.41. The van der Waals surface area contributed by atoms with Gasteiger partial charge in [0.2, 0.25) is 0 Å². The van der Waals surface area contributed by atoms with Crippen molar-refractivity contribution in [1.82, 2.24) is 0 Å². The van der Waals surface area contributed by atoms with Crippen LogP contribution >= 0.6 is 0 Å². The van der Waals surface area contributed by atoms with Crippen LogP contribution in [0.3, 0.4) is 0 Å². The van der Waals surface area contributed by atoms with E-state index in [1.807, 2.05) is 0 Å². The summed E-state index contributed by atoms with van der Waals surface area (Å²) in [6.07, 6.45) is 4.05. The molecular weight excluding hydrogens is 214 g/mol. The molecule has 8 heteroatoms. The lowest BCUT2D eigenvalue weighted by Gasteiger charge is -1.86. The van der Waals surface area contributed by atoms with Gasteiger partial charge in [-0.25, -0.2) is 0 Å². The number of hydrogen-bond donors (Lipinski definition) is 4. The Balaban J connectivity index is 0.000000160. The van der Waals surface area contributed by atoms with Crippen molar-refractivity contribution in [2.45, 2.75) is 0 Å². The predicted octanol–water partition coefficient (Wildman–Crippen LogP) is -2.08. The number of hydrogen-bond acceptors (Lipinski definition) is 6. The summed E-state index contributed by atoms with van der Waals surface area (Å²) in [6.45, 7) is 0. The molecule has 84 valence electrons. The van der Waals surface area contributed by atoms with Gasteiger partial charge in [0.1, 0.15) is 5.66 Å². The summed E-state index contributed by atoms with van der Waals surface area (Å²) in [7, 11) is -2.89. The molecule has 0 aliphatic heterocycles. The molecule has 0 aliphatic carbocycles. The lowest BCUT2D eigenvalue weighted by Crippen LogP contribution is -2.27. The highest BCUT2D eigenvalue weighted by atomic mass is 16.4. The van der Waals surface area contributed by atoms with Crippen LogP contribution in [0.15, 0.2) is 45.8 Å². The first-order chi connectivity index (χ1) is 7.61. The normalized spacial score (nSPS) is 9.25. The summed E-state index contributed by atoms with van der Waals surface area (Å²) < 4.78 is 9.15. The van der Waals surface area contributed by atoms with Crippen molar-refractivity contribution in [1.29, 1.82) is 0 Å². The van der Waals surface area contributed by atoms with E-state index in [2.05, 4.69) is 8.83 Å². The minimum Gasteiger partial charge on any atom is -0.473 e. The van der Waals surface area contributed by atoms with Crippen LogP contribution in [0.4, 0.5) is 0 Å². The molecule has 0 bridgehead atoms. The molecule has 0 unspecified atom stereocenters. The SMILES string of the molecule is OB(O)c1ccco1.OB(O)c1ccoc1. The second-order valence-corrected chi connectivity index (χ2v) is 2.82. The fraction of sp³-hybridized carbons (Fsp3) is 0. The van der Waals surface area contributed by atoms with E-state index in [0.29, 0.717) is 5.46 Å². The van der Waals surface area contributed by atoms with Crippen LogP contribution in [0.5, 0.6) is 0 Å². The lowest BCUT2D eigenvalue weighted by atomic mass is 9.83. The van der Waals surface area contributed by atoms with Crippen LogP contribution in [-0.2, 0) is 0 Å². The number of furan rings is 2. The molecule has 4 N–H and O–H groups in total. The van der Waals surface area contributed by atoms with Crippen molar-refractivity contribution in [2.24, 2.45) is 0 Å². The molecule has 2 heterocycles. The second-order valence-electron chi connectivity index (χ2n) is 2.82. The summed E-state index contributed by atoms with van der Waals surface area (Å²) >= 11 is 0. The summed E-state index contributed by atoms with van der Waals surface area (Å²) in [5.41, 5.74) is 0.551. The summed E-state index contributed by atoms with van der Waals surface area (Å²) in [5.74, 6) is 0. The Bertz CT molecular complexity index is 331. The van der Waals surface area contributed by atoms with Crippen LogP contribution in [0, 0.1) is 0 Å². The van der Waals surface area contributed by atoms with Crippen LogP contribution in [0.2, 0.25) is 0 Å². The van der Waals surface area contributed by atoms with Gasteiger partial charge in [-0.15, -0.1) is 0 Å². The highest BCUT2D eigenvalue weighted by molar-refractivity contribution is 6.58. The first-order valence-corrected chi connectivity index (χ1v) is 4.39. The molecule has 2 aromatic heterocycles. The maximum atomic E-state index is 8.41. The molecule has 0 fully saturated rings. The van der Waals surface area contributed by atoms with Gasteiger partial charge in [-0.2, -0.15) is 0 Å². The van der Waals surface area contributed by atoms with Gasteiger partial charge in [-0.1, -0.05) is 0 Å². The third-order valence-corrected chi connectivity index (χ3v) is 1.64. The van der Waals surface area contributed by atoms with E-state index in [-0.39, 0.29) is 5.66 Å². The van der Waals surface area contributed by atoms with Crippen molar-refractivity contribution in [3.8, 4) is 0 Å². The monoisotopic (exact) mass is 224 g/mol. The van der Waals surface area contributed by atoms with E-state index in [4.69, 9.17) is 20.1 Å². The Labute approximate surface area is 92.0 Å². The van der Waals surface area contributed by atoms with E-state index in [0.717, 1.165) is 0 Å². The quantitative estimate of drug-likeness (QED) is 0.436. The van der Waals surface area contributed by atoms with Crippen LogP contribution < -0.4 is 11.1 Å². The first-order valence-electron chi connectivity index (χ1n) is 4.39. The molecule has 0 aliphatic rings. The minimum atomic E-state index is -1.48. The summed E-state index contributed by atoms with van der Waals surface area (Å²) in [6, 6.07) is 4.57. The Morgan fingerprint density at radius 2 is 1.69 bits per heavy atom. The molecular formula is C8H10B2O6. The molecule has 0 aromatic carbocycles. The largest absolute Gasteiger partial charge is 0.526 e. The van der Waals surface area contributed by atoms with Crippen molar-refractivity contribution in [3.63, 3.8) is 0 Å². The van der Waals surface area contributed by atoms with Crippen molar-refractivity contribution in [3.05, 3.63) is 37.0 Å². The van der Waals surface area contributed by atoms with Crippen LogP contribution in [0.1, 0.15) is 0 Å². The molecule has 0 radical (unpaired) electrons. The molecule has 6 nitrogen and oxygen atoms in total. The van der Waals surface area contributed by atoms with E-state index in [9.17, 15) is 0 Å². The van der Waals surface area contributed by atoms with Gasteiger partial charge in [0.25, 0.3) is 0 Å². The van der Waals surface area contributed by atoms with E-state index in [1.165, 1.54) is 30.9 Å². The average Bonchev–Trinajstić information content (AvgIpc) is 2.93. The topological polar surface area (TPSA) is 107 Å². The van der Waals surface area contributed by atoms with E-state index < -0.39 is 14.2 Å². The smallest absolute Gasteiger partial charge is 0.473 e. The molecule has 0 atom stereocenters. The van der Waals surface area contributed by atoms with Gasteiger partial charge in [-0.05, 0) is 18.2 Å². The molecule has 2 aromatic rings. The minimum absolute atomic E-state index is 0.171. The highest BCUT2D eigenvalue weighted by Gasteiger charge is 2.12. The zero-order valence-corrected chi connectivity index (χ0v) is 8.22. The Hall–Kier alpha value is -1.47. The third kappa shape index (κ3) is 3.95. The van der Waals surface area contributed by atoms with Crippen molar-refractivity contribution >= 4 is 25.4 Å². The van der Waals surface area contributed by atoms with Gasteiger partial charge in [-0.3, -0.25) is 0 Å². The maximum Gasteiger partial charge on any atom is 0.526 e. The van der Waals surface area contributed by atoms with Crippen LogP contribution in [0.25, 0.3) is 0 Å². The van der Waals surface area contributed by atoms with Crippen molar-refractivity contribution < 1.29 is 28.9 Å². The van der Waals surface area contributed by atoms with E-state index in [1.54, 1.807) is 6.07 Å². The van der Waals surface area contributed by atoms with Gasteiger partial charge in [0, 0.05) is 5.46 Å². The Kier molecular flexibility index (Phi) is 4.87. The predicted molar refractivity (Wildman–Crippen MR) is 57.1 cm³/mol.